The molecule has 0 atom stereocenters. The molecule has 1 aliphatic carbocycles. The Morgan fingerprint density at radius 1 is 1.56 bits per heavy atom. The first-order valence-corrected chi connectivity index (χ1v) is 6.12. The van der Waals surface area contributed by atoms with Crippen LogP contribution >= 0.6 is 0 Å². The quantitative estimate of drug-likeness (QED) is 0.715. The van der Waals surface area contributed by atoms with Gasteiger partial charge in [-0.05, 0) is 25.3 Å². The third kappa shape index (κ3) is 3.26. The maximum Gasteiger partial charge on any atom is 0.325 e. The summed E-state index contributed by atoms with van der Waals surface area (Å²) in [6.45, 7) is 2.41. The number of ether oxygens (including phenoxy) is 2. The van der Waals surface area contributed by atoms with E-state index in [2.05, 4.69) is 6.08 Å². The van der Waals surface area contributed by atoms with Crippen LogP contribution in [0.4, 0.5) is 0 Å². The van der Waals surface area contributed by atoms with E-state index < -0.39 is 0 Å². The van der Waals surface area contributed by atoms with Crippen LogP contribution in [0.2, 0.25) is 0 Å². The summed E-state index contributed by atoms with van der Waals surface area (Å²) in [4.78, 5) is 13.2. The lowest BCUT2D eigenvalue weighted by molar-refractivity contribution is -0.143. The van der Waals surface area contributed by atoms with Gasteiger partial charge in [0.2, 0.25) is 0 Å². The molecule has 0 saturated heterocycles. The van der Waals surface area contributed by atoms with E-state index in [1.807, 2.05) is 18.4 Å². The van der Waals surface area contributed by atoms with Crippen LogP contribution in [0.3, 0.4) is 0 Å². The van der Waals surface area contributed by atoms with Crippen molar-refractivity contribution in [3.8, 4) is 0 Å². The van der Waals surface area contributed by atoms with Crippen LogP contribution < -0.4 is 0 Å². The van der Waals surface area contributed by atoms with E-state index in [1.165, 1.54) is 0 Å². The zero-order valence-electron chi connectivity index (χ0n) is 10.5. The van der Waals surface area contributed by atoms with Crippen molar-refractivity contribution in [1.29, 1.82) is 0 Å². The third-order valence-corrected chi connectivity index (χ3v) is 2.68. The van der Waals surface area contributed by atoms with Gasteiger partial charge in [0.25, 0.3) is 0 Å². The maximum atomic E-state index is 11.4. The Labute approximate surface area is 107 Å². The lowest BCUT2D eigenvalue weighted by atomic mass is 10.0. The summed E-state index contributed by atoms with van der Waals surface area (Å²) in [6.07, 6.45) is 13.3. The Balaban J connectivity index is 2.00. The Kier molecular flexibility index (Phi) is 4.23. The number of rotatable bonds is 4. The largest absolute Gasteiger partial charge is 0.465 e. The number of hydrogen-bond donors (Lipinski definition) is 0. The summed E-state index contributed by atoms with van der Waals surface area (Å²) in [5, 5.41) is 0. The van der Waals surface area contributed by atoms with Crippen molar-refractivity contribution < 1.29 is 14.3 Å². The molecule has 4 nitrogen and oxygen atoms in total. The molecule has 1 aliphatic heterocycles. The van der Waals surface area contributed by atoms with Gasteiger partial charge < -0.3 is 14.4 Å². The molecule has 2 aliphatic rings. The zero-order valence-corrected chi connectivity index (χ0v) is 10.5. The van der Waals surface area contributed by atoms with Crippen LogP contribution in [0, 0.1) is 0 Å². The van der Waals surface area contributed by atoms with Crippen LogP contribution in [-0.4, -0.2) is 24.0 Å². The second kappa shape index (κ2) is 6.10. The molecule has 0 saturated carbocycles. The molecule has 0 aromatic carbocycles. The van der Waals surface area contributed by atoms with Crippen molar-refractivity contribution in [1.82, 2.24) is 4.90 Å². The highest BCUT2D eigenvalue weighted by Gasteiger charge is 2.14. The molecule has 0 unspecified atom stereocenters. The smallest absolute Gasteiger partial charge is 0.325 e. The molecule has 0 fully saturated rings. The first-order chi connectivity index (χ1) is 8.79. The van der Waals surface area contributed by atoms with Crippen LogP contribution in [-0.2, 0) is 14.3 Å². The number of allylic oxidation sites excluding steroid dienone is 4. The summed E-state index contributed by atoms with van der Waals surface area (Å²) in [5.41, 5.74) is 1.15. The van der Waals surface area contributed by atoms with E-state index in [0.717, 1.165) is 24.2 Å². The average molecular weight is 247 g/mol. The molecular formula is C14H17NO3. The number of carbonyl (C=O) groups is 1. The minimum atomic E-state index is -0.239. The van der Waals surface area contributed by atoms with Gasteiger partial charge in [-0.3, -0.25) is 4.79 Å². The SMILES string of the molecule is CCOC(=O)CN1C=COC(C2=CC=CCC2)=C1. The van der Waals surface area contributed by atoms with Gasteiger partial charge in [0, 0.05) is 12.4 Å². The summed E-state index contributed by atoms with van der Waals surface area (Å²) < 4.78 is 10.4. The summed E-state index contributed by atoms with van der Waals surface area (Å²) in [5.74, 6) is 0.559. The first-order valence-electron chi connectivity index (χ1n) is 6.12. The molecule has 0 spiro atoms. The van der Waals surface area contributed by atoms with Gasteiger partial charge in [0.1, 0.15) is 18.6 Å². The van der Waals surface area contributed by atoms with Crippen molar-refractivity contribution >= 4 is 5.97 Å². The van der Waals surface area contributed by atoms with Gasteiger partial charge in [-0.1, -0.05) is 18.2 Å². The molecule has 0 radical (unpaired) electrons. The van der Waals surface area contributed by atoms with Crippen molar-refractivity contribution in [2.75, 3.05) is 13.2 Å². The second-order valence-electron chi connectivity index (χ2n) is 4.03. The van der Waals surface area contributed by atoms with Crippen LogP contribution in [0.15, 0.2) is 48.2 Å². The number of esters is 1. The zero-order chi connectivity index (χ0) is 12.8. The summed E-state index contributed by atoms with van der Waals surface area (Å²) in [6, 6.07) is 0. The normalized spacial score (nSPS) is 17.9. The first kappa shape index (κ1) is 12.5. The minimum absolute atomic E-state index is 0.209. The van der Waals surface area contributed by atoms with E-state index in [9.17, 15) is 4.79 Å². The van der Waals surface area contributed by atoms with Crippen LogP contribution in [0.1, 0.15) is 19.8 Å². The fraction of sp³-hybridized carbons (Fsp3) is 0.357. The topological polar surface area (TPSA) is 38.8 Å². The summed E-state index contributed by atoms with van der Waals surface area (Å²) in [7, 11) is 0. The molecule has 0 aromatic heterocycles. The van der Waals surface area contributed by atoms with Crippen LogP contribution in [0.5, 0.6) is 0 Å². The fourth-order valence-corrected chi connectivity index (χ4v) is 1.83. The molecule has 0 bridgehead atoms. The minimum Gasteiger partial charge on any atom is -0.465 e. The second-order valence-corrected chi connectivity index (χ2v) is 4.03. The highest BCUT2D eigenvalue weighted by atomic mass is 16.5. The fourth-order valence-electron chi connectivity index (χ4n) is 1.83. The molecule has 2 rings (SSSR count). The van der Waals surface area contributed by atoms with Gasteiger partial charge in [-0.25, -0.2) is 0 Å². The van der Waals surface area contributed by atoms with Gasteiger partial charge in [-0.15, -0.1) is 0 Å². The Bertz CT molecular complexity index is 432. The van der Waals surface area contributed by atoms with E-state index in [0.29, 0.717) is 6.61 Å². The van der Waals surface area contributed by atoms with Gasteiger partial charge in [0.05, 0.1) is 6.61 Å². The van der Waals surface area contributed by atoms with E-state index in [-0.39, 0.29) is 12.5 Å². The van der Waals surface area contributed by atoms with Gasteiger partial charge in [-0.2, -0.15) is 0 Å². The standard InChI is InChI=1S/C14H17NO3/c1-2-17-14(16)11-15-8-9-18-13(10-15)12-6-4-3-5-7-12/h3-4,6,8-10H,2,5,7,11H2,1H3. The van der Waals surface area contributed by atoms with E-state index >= 15 is 0 Å². The van der Waals surface area contributed by atoms with E-state index in [1.54, 1.807) is 24.3 Å². The van der Waals surface area contributed by atoms with Crippen molar-refractivity contribution in [3.05, 3.63) is 48.2 Å². The Morgan fingerprint density at radius 3 is 3.17 bits per heavy atom. The van der Waals surface area contributed by atoms with Gasteiger partial charge >= 0.3 is 5.97 Å². The molecule has 0 N–H and O–H groups in total. The maximum absolute atomic E-state index is 11.4. The summed E-state index contributed by atoms with van der Waals surface area (Å²) >= 11 is 0. The third-order valence-electron chi connectivity index (χ3n) is 2.68. The molecule has 0 amide bonds. The lowest BCUT2D eigenvalue weighted by Crippen LogP contribution is -2.24. The predicted molar refractivity (Wildman–Crippen MR) is 68.1 cm³/mol. The number of carbonyl (C=O) groups excluding carboxylic acids is 1. The monoisotopic (exact) mass is 247 g/mol. The van der Waals surface area contributed by atoms with E-state index in [4.69, 9.17) is 9.47 Å². The average Bonchev–Trinajstić information content (AvgIpc) is 2.40. The Hall–Kier alpha value is -1.97. The molecule has 4 heteroatoms. The molecule has 18 heavy (non-hydrogen) atoms. The predicted octanol–water partition coefficient (Wildman–Crippen LogP) is 2.47. The number of hydrogen-bond acceptors (Lipinski definition) is 4. The number of nitrogens with zero attached hydrogens (tertiary/aromatic N) is 1. The highest BCUT2D eigenvalue weighted by molar-refractivity contribution is 5.72. The van der Waals surface area contributed by atoms with Crippen molar-refractivity contribution in [3.63, 3.8) is 0 Å². The van der Waals surface area contributed by atoms with Gasteiger partial charge in [0.15, 0.2) is 0 Å². The van der Waals surface area contributed by atoms with Crippen molar-refractivity contribution in [2.24, 2.45) is 0 Å². The highest BCUT2D eigenvalue weighted by Crippen LogP contribution is 2.24. The lowest BCUT2D eigenvalue weighted by Gasteiger charge is -2.22. The molecular weight excluding hydrogens is 230 g/mol. The Morgan fingerprint density at radius 2 is 2.44 bits per heavy atom. The molecule has 1 heterocycles. The molecule has 96 valence electrons. The van der Waals surface area contributed by atoms with Crippen LogP contribution in [0.25, 0.3) is 0 Å². The van der Waals surface area contributed by atoms with Crippen molar-refractivity contribution in [2.45, 2.75) is 19.8 Å². The molecule has 0 aromatic rings.